The third-order valence-corrected chi connectivity index (χ3v) is 2.93. The van der Waals surface area contributed by atoms with E-state index in [1.54, 1.807) is 26.0 Å². The van der Waals surface area contributed by atoms with Crippen molar-refractivity contribution < 1.29 is 18.7 Å². The molecule has 0 aliphatic carbocycles. The third kappa shape index (κ3) is 2.26. The van der Waals surface area contributed by atoms with Gasteiger partial charge < -0.3 is 19.6 Å². The van der Waals surface area contributed by atoms with E-state index < -0.39 is 11.9 Å². The Morgan fingerprint density at radius 1 is 1.60 bits per heavy atom. The number of allylic oxidation sites excluding steroid dienone is 2. The van der Waals surface area contributed by atoms with Crippen molar-refractivity contribution in [3.63, 3.8) is 0 Å². The first-order chi connectivity index (χ1) is 9.60. The minimum atomic E-state index is -0.706. The molecular formula is C14H14N2O4. The van der Waals surface area contributed by atoms with Crippen LogP contribution in [0.2, 0.25) is 0 Å². The Labute approximate surface area is 116 Å². The highest BCUT2D eigenvalue weighted by atomic mass is 16.5. The zero-order chi connectivity index (χ0) is 14.7. The number of nitrogens with two attached hydrogens (primary N) is 1. The highest BCUT2D eigenvalue weighted by Gasteiger charge is 2.38. The molecule has 1 aliphatic rings. The Hall–Kier alpha value is -2.68. The first-order valence-electron chi connectivity index (χ1n) is 6.09. The number of nitrogens with zero attached hydrogens (tertiary/aromatic N) is 1. The summed E-state index contributed by atoms with van der Waals surface area (Å²) in [6, 6.07) is 5.39. The predicted molar refractivity (Wildman–Crippen MR) is 68.7 cm³/mol. The maximum atomic E-state index is 12.1. The molecule has 0 amide bonds. The van der Waals surface area contributed by atoms with Crippen molar-refractivity contribution in [1.82, 2.24) is 0 Å². The molecule has 2 N–H and O–H groups in total. The second-order valence-corrected chi connectivity index (χ2v) is 4.13. The Bertz CT molecular complexity index is 620. The van der Waals surface area contributed by atoms with Crippen LogP contribution in [0.4, 0.5) is 0 Å². The van der Waals surface area contributed by atoms with Gasteiger partial charge in [0.05, 0.1) is 30.4 Å². The lowest BCUT2D eigenvalue weighted by Gasteiger charge is -2.24. The summed E-state index contributed by atoms with van der Waals surface area (Å²) in [6.45, 7) is 3.50. The Morgan fingerprint density at radius 3 is 2.90 bits per heavy atom. The van der Waals surface area contributed by atoms with Gasteiger partial charge in [-0.05, 0) is 26.0 Å². The second kappa shape index (κ2) is 5.53. The van der Waals surface area contributed by atoms with Crippen LogP contribution in [0.5, 0.6) is 0 Å². The fourth-order valence-corrected chi connectivity index (χ4v) is 2.08. The van der Waals surface area contributed by atoms with Crippen molar-refractivity contribution in [2.45, 2.75) is 19.8 Å². The Kier molecular flexibility index (Phi) is 3.80. The standard InChI is InChI=1S/C14H14N2O4/c1-3-18-14(17)12-11(10-5-4-6-19-10)9(7-15)8(2)20-13(12)16/h4-6,11H,3,16H2,1-2H3/t11-/m1/s1. The highest BCUT2D eigenvalue weighted by Crippen LogP contribution is 2.39. The lowest BCUT2D eigenvalue weighted by atomic mass is 9.87. The van der Waals surface area contributed by atoms with Gasteiger partial charge in [0.2, 0.25) is 5.88 Å². The van der Waals surface area contributed by atoms with Crippen LogP contribution in [0.15, 0.2) is 45.6 Å². The molecule has 0 unspecified atom stereocenters. The first kappa shape index (κ1) is 13.7. The molecule has 6 nitrogen and oxygen atoms in total. The quantitative estimate of drug-likeness (QED) is 0.845. The fourth-order valence-electron chi connectivity index (χ4n) is 2.08. The third-order valence-electron chi connectivity index (χ3n) is 2.93. The van der Waals surface area contributed by atoms with Crippen LogP contribution in [-0.4, -0.2) is 12.6 Å². The van der Waals surface area contributed by atoms with E-state index in [-0.39, 0.29) is 23.6 Å². The average molecular weight is 274 g/mol. The summed E-state index contributed by atoms with van der Waals surface area (Å²) < 4.78 is 15.6. The number of carbonyl (C=O) groups excluding carboxylic acids is 1. The smallest absolute Gasteiger partial charge is 0.340 e. The zero-order valence-electron chi connectivity index (χ0n) is 11.2. The van der Waals surface area contributed by atoms with Crippen LogP contribution in [0, 0.1) is 11.3 Å². The summed E-state index contributed by atoms with van der Waals surface area (Å²) in [7, 11) is 0. The molecule has 20 heavy (non-hydrogen) atoms. The maximum absolute atomic E-state index is 12.1. The Balaban J connectivity index is 2.55. The topological polar surface area (TPSA) is 98.5 Å². The molecule has 1 aromatic rings. The number of hydrogen-bond donors (Lipinski definition) is 1. The minimum absolute atomic E-state index is 0.0682. The van der Waals surface area contributed by atoms with E-state index in [1.165, 1.54) is 6.26 Å². The minimum Gasteiger partial charge on any atom is -0.468 e. The number of rotatable bonds is 3. The molecule has 2 heterocycles. The van der Waals surface area contributed by atoms with E-state index in [4.69, 9.17) is 19.6 Å². The summed E-state index contributed by atoms with van der Waals surface area (Å²) in [6.07, 6.45) is 1.47. The van der Waals surface area contributed by atoms with Gasteiger partial charge in [0.15, 0.2) is 0 Å². The van der Waals surface area contributed by atoms with Gasteiger partial charge in [-0.3, -0.25) is 0 Å². The van der Waals surface area contributed by atoms with Crippen LogP contribution in [0.25, 0.3) is 0 Å². The van der Waals surface area contributed by atoms with E-state index in [2.05, 4.69) is 0 Å². The second-order valence-electron chi connectivity index (χ2n) is 4.13. The van der Waals surface area contributed by atoms with Crippen molar-refractivity contribution in [3.05, 3.63) is 46.9 Å². The Morgan fingerprint density at radius 2 is 2.35 bits per heavy atom. The van der Waals surface area contributed by atoms with Crippen LogP contribution in [-0.2, 0) is 14.3 Å². The van der Waals surface area contributed by atoms with Gasteiger partial charge >= 0.3 is 5.97 Å². The molecule has 0 bridgehead atoms. The molecule has 0 fully saturated rings. The molecule has 0 saturated heterocycles. The van der Waals surface area contributed by atoms with Gasteiger partial charge in [-0.25, -0.2) is 4.79 Å². The van der Waals surface area contributed by atoms with Crippen molar-refractivity contribution in [3.8, 4) is 6.07 Å². The van der Waals surface area contributed by atoms with Gasteiger partial charge in [0.1, 0.15) is 17.1 Å². The summed E-state index contributed by atoms with van der Waals surface area (Å²) in [5, 5.41) is 9.30. The molecule has 1 aromatic heterocycles. The summed E-state index contributed by atoms with van der Waals surface area (Å²) in [5.41, 5.74) is 6.15. The van der Waals surface area contributed by atoms with Crippen molar-refractivity contribution in [1.29, 1.82) is 5.26 Å². The molecular weight excluding hydrogens is 260 g/mol. The fraction of sp³-hybridized carbons (Fsp3) is 0.286. The molecule has 104 valence electrons. The average Bonchev–Trinajstić information content (AvgIpc) is 2.91. The number of esters is 1. The molecule has 0 aromatic carbocycles. The molecule has 0 radical (unpaired) electrons. The van der Waals surface area contributed by atoms with Gasteiger partial charge in [0.25, 0.3) is 0 Å². The van der Waals surface area contributed by atoms with Crippen LogP contribution in [0.3, 0.4) is 0 Å². The van der Waals surface area contributed by atoms with E-state index in [0.717, 1.165) is 0 Å². The van der Waals surface area contributed by atoms with E-state index in [1.807, 2.05) is 6.07 Å². The molecule has 2 rings (SSSR count). The van der Waals surface area contributed by atoms with Crippen molar-refractivity contribution in [2.24, 2.45) is 5.73 Å². The van der Waals surface area contributed by atoms with Gasteiger partial charge in [-0.15, -0.1) is 0 Å². The number of nitriles is 1. The molecule has 1 atom stereocenters. The van der Waals surface area contributed by atoms with Gasteiger partial charge in [0, 0.05) is 0 Å². The number of carbonyl (C=O) groups is 1. The first-order valence-corrected chi connectivity index (χ1v) is 6.09. The van der Waals surface area contributed by atoms with Crippen LogP contribution >= 0.6 is 0 Å². The van der Waals surface area contributed by atoms with Crippen LogP contribution in [0.1, 0.15) is 25.5 Å². The van der Waals surface area contributed by atoms with Gasteiger partial charge in [-0.2, -0.15) is 5.26 Å². The van der Waals surface area contributed by atoms with E-state index in [0.29, 0.717) is 11.5 Å². The lowest BCUT2D eigenvalue weighted by molar-refractivity contribution is -0.139. The summed E-state index contributed by atoms with van der Waals surface area (Å²) >= 11 is 0. The zero-order valence-corrected chi connectivity index (χ0v) is 11.2. The van der Waals surface area contributed by atoms with E-state index in [9.17, 15) is 10.1 Å². The van der Waals surface area contributed by atoms with E-state index >= 15 is 0 Å². The monoisotopic (exact) mass is 274 g/mol. The summed E-state index contributed by atoms with van der Waals surface area (Å²) in [4.78, 5) is 12.1. The molecule has 1 aliphatic heterocycles. The molecule has 0 saturated carbocycles. The number of hydrogen-bond acceptors (Lipinski definition) is 6. The molecule has 0 spiro atoms. The van der Waals surface area contributed by atoms with Gasteiger partial charge in [-0.1, -0.05) is 0 Å². The number of ether oxygens (including phenoxy) is 2. The maximum Gasteiger partial charge on any atom is 0.340 e. The number of furan rings is 1. The van der Waals surface area contributed by atoms with Crippen LogP contribution < -0.4 is 5.73 Å². The largest absolute Gasteiger partial charge is 0.468 e. The van der Waals surface area contributed by atoms with Crippen molar-refractivity contribution in [2.75, 3.05) is 6.61 Å². The highest BCUT2D eigenvalue weighted by molar-refractivity contribution is 5.92. The normalized spacial score (nSPS) is 18.6. The summed E-state index contributed by atoms with van der Waals surface area (Å²) in [5.74, 6) is -0.606. The molecule has 6 heteroatoms. The predicted octanol–water partition coefficient (Wildman–Crippen LogP) is 1.92. The lowest BCUT2D eigenvalue weighted by Crippen LogP contribution is -2.26. The van der Waals surface area contributed by atoms with Crippen molar-refractivity contribution >= 4 is 5.97 Å². The SMILES string of the molecule is CCOC(=O)C1=C(N)OC(C)=C(C#N)[C@@H]1c1ccco1.